The first kappa shape index (κ1) is 13.3. The first-order valence-corrected chi connectivity index (χ1v) is 4.36. The molecule has 1 heterocycles. The van der Waals surface area contributed by atoms with Crippen LogP contribution >= 0.6 is 0 Å². The number of halogens is 2. The van der Waals surface area contributed by atoms with Crippen molar-refractivity contribution in [2.45, 2.75) is 0 Å². The average molecular weight is 259 g/mol. The van der Waals surface area contributed by atoms with Crippen LogP contribution in [0.15, 0.2) is 18.2 Å². The number of aromatic amines is 1. The van der Waals surface area contributed by atoms with Gasteiger partial charge in [-0.15, -0.1) is 15.2 Å². The van der Waals surface area contributed by atoms with Crippen LogP contribution in [0.1, 0.15) is 0 Å². The van der Waals surface area contributed by atoms with Gasteiger partial charge in [-0.25, -0.2) is 8.78 Å². The minimum absolute atomic E-state index is 0.00852. The van der Waals surface area contributed by atoms with Crippen molar-refractivity contribution in [3.05, 3.63) is 39.9 Å². The van der Waals surface area contributed by atoms with Gasteiger partial charge in [-0.3, -0.25) is 5.10 Å². The number of anilines is 1. The van der Waals surface area contributed by atoms with Gasteiger partial charge >= 0.3 is 0 Å². The zero-order valence-electron chi connectivity index (χ0n) is 8.67. The Morgan fingerprint density at radius 2 is 2.06 bits per heavy atom. The van der Waals surface area contributed by atoms with E-state index in [1.54, 1.807) is 0 Å². The zero-order chi connectivity index (χ0) is 13.7. The smallest absolute Gasteiger partial charge is 0.291 e. The highest BCUT2D eigenvalue weighted by Crippen LogP contribution is 2.20. The van der Waals surface area contributed by atoms with E-state index in [4.69, 9.17) is 21.1 Å². The molecule has 96 valence electrons. The number of nitrogens with one attached hydrogen (secondary N) is 1. The molecule has 0 atom stereocenters. The van der Waals surface area contributed by atoms with Crippen molar-refractivity contribution in [3.8, 4) is 11.4 Å². The SMILES string of the molecule is Nc1n[nH]c(-c2cc(F)ccc2F)n1.O=[N+]([O-])O. The van der Waals surface area contributed by atoms with Gasteiger partial charge < -0.3 is 10.9 Å². The molecule has 0 fully saturated rings. The van der Waals surface area contributed by atoms with E-state index in [0.29, 0.717) is 0 Å². The molecule has 4 N–H and O–H groups in total. The van der Waals surface area contributed by atoms with E-state index in [2.05, 4.69) is 15.2 Å². The summed E-state index contributed by atoms with van der Waals surface area (Å²) in [4.78, 5) is 12.0. The van der Waals surface area contributed by atoms with Crippen molar-refractivity contribution in [1.82, 2.24) is 15.2 Å². The maximum Gasteiger partial charge on any atom is 0.291 e. The topological polar surface area (TPSA) is 131 Å². The predicted molar refractivity (Wildman–Crippen MR) is 54.9 cm³/mol. The third kappa shape index (κ3) is 3.66. The van der Waals surface area contributed by atoms with Gasteiger partial charge in [0.15, 0.2) is 5.82 Å². The molecule has 0 aliphatic heterocycles. The number of rotatable bonds is 1. The summed E-state index contributed by atoms with van der Waals surface area (Å²) < 4.78 is 25.9. The van der Waals surface area contributed by atoms with Gasteiger partial charge in [-0.2, -0.15) is 4.98 Å². The fraction of sp³-hybridized carbons (Fsp3) is 0. The predicted octanol–water partition coefficient (Wildman–Crippen LogP) is 0.984. The summed E-state index contributed by atoms with van der Waals surface area (Å²) in [5.41, 5.74) is 5.24. The monoisotopic (exact) mass is 259 g/mol. The molecule has 0 bridgehead atoms. The maximum atomic E-state index is 13.2. The lowest BCUT2D eigenvalue weighted by Crippen LogP contribution is -1.89. The number of aromatic nitrogens is 3. The highest BCUT2D eigenvalue weighted by Gasteiger charge is 2.09. The second kappa shape index (κ2) is 5.52. The van der Waals surface area contributed by atoms with E-state index in [0.717, 1.165) is 18.2 Å². The van der Waals surface area contributed by atoms with E-state index in [1.165, 1.54) is 0 Å². The van der Waals surface area contributed by atoms with E-state index in [-0.39, 0.29) is 17.3 Å². The summed E-state index contributed by atoms with van der Waals surface area (Å²) in [5.74, 6) is -1.03. The minimum atomic E-state index is -1.50. The summed E-state index contributed by atoms with van der Waals surface area (Å²) in [6.45, 7) is 0. The number of H-pyrrole nitrogens is 1. The molecular formula is C8H7F2N5O3. The van der Waals surface area contributed by atoms with E-state index in [9.17, 15) is 8.78 Å². The average Bonchev–Trinajstić information content (AvgIpc) is 2.68. The molecule has 0 aliphatic carbocycles. The highest BCUT2D eigenvalue weighted by atomic mass is 19.1. The number of hydrogen-bond acceptors (Lipinski definition) is 5. The van der Waals surface area contributed by atoms with Gasteiger partial charge in [0, 0.05) is 0 Å². The molecule has 10 heteroatoms. The third-order valence-corrected chi connectivity index (χ3v) is 1.69. The van der Waals surface area contributed by atoms with Gasteiger partial charge in [-0.05, 0) is 18.2 Å². The van der Waals surface area contributed by atoms with Crippen LogP contribution in [-0.4, -0.2) is 25.5 Å². The van der Waals surface area contributed by atoms with Gasteiger partial charge in [0.05, 0.1) is 5.56 Å². The number of nitrogens with two attached hydrogens (primary N) is 1. The quantitative estimate of drug-likeness (QED) is 0.516. The van der Waals surface area contributed by atoms with E-state index >= 15 is 0 Å². The molecule has 0 spiro atoms. The molecule has 1 aromatic carbocycles. The lowest BCUT2D eigenvalue weighted by atomic mass is 10.2. The number of hydrogen-bond donors (Lipinski definition) is 3. The Bertz CT molecular complexity index is 555. The zero-order valence-corrected chi connectivity index (χ0v) is 8.67. The number of nitrogens with zero attached hydrogens (tertiary/aromatic N) is 3. The lowest BCUT2D eigenvalue weighted by Gasteiger charge is -1.97. The Morgan fingerprint density at radius 1 is 1.44 bits per heavy atom. The van der Waals surface area contributed by atoms with Crippen molar-refractivity contribution in [2.75, 3.05) is 5.73 Å². The Hall–Kier alpha value is -2.78. The van der Waals surface area contributed by atoms with Crippen LogP contribution in [-0.2, 0) is 0 Å². The number of benzene rings is 1. The van der Waals surface area contributed by atoms with Crippen molar-refractivity contribution in [2.24, 2.45) is 0 Å². The van der Waals surface area contributed by atoms with Crippen LogP contribution < -0.4 is 5.73 Å². The largest absolute Gasteiger partial charge is 0.366 e. The number of nitrogen functional groups attached to an aromatic ring is 1. The molecular weight excluding hydrogens is 252 g/mol. The molecule has 0 amide bonds. The van der Waals surface area contributed by atoms with Crippen LogP contribution in [0.25, 0.3) is 11.4 Å². The third-order valence-electron chi connectivity index (χ3n) is 1.69. The summed E-state index contributed by atoms with van der Waals surface area (Å²) in [6, 6.07) is 3.07. The van der Waals surface area contributed by atoms with Crippen molar-refractivity contribution in [3.63, 3.8) is 0 Å². The van der Waals surface area contributed by atoms with Crippen LogP contribution in [0.3, 0.4) is 0 Å². The molecule has 0 aliphatic rings. The summed E-state index contributed by atoms with van der Waals surface area (Å²) in [6.07, 6.45) is 0. The normalized spacial score (nSPS) is 9.44. The van der Waals surface area contributed by atoms with Crippen LogP contribution in [0.4, 0.5) is 14.7 Å². The molecule has 0 unspecified atom stereocenters. The standard InChI is InChI=1S/C8H6F2N4.HNO3/c9-4-1-2-6(10)5(3-4)7-12-8(11)14-13-7;2-1(3)4/h1-3H,(H3,11,12,13,14);(H,2,3,4). The molecule has 1 aromatic heterocycles. The second-order valence-corrected chi connectivity index (χ2v) is 2.90. The Labute approximate surface area is 98.2 Å². The molecule has 2 rings (SSSR count). The van der Waals surface area contributed by atoms with Crippen LogP contribution in [0.5, 0.6) is 0 Å². The maximum absolute atomic E-state index is 13.2. The van der Waals surface area contributed by atoms with E-state index < -0.39 is 16.7 Å². The van der Waals surface area contributed by atoms with Crippen LogP contribution in [0, 0.1) is 21.7 Å². The van der Waals surface area contributed by atoms with Crippen molar-refractivity contribution in [1.29, 1.82) is 0 Å². The summed E-state index contributed by atoms with van der Waals surface area (Å²) >= 11 is 0. The highest BCUT2D eigenvalue weighted by molar-refractivity contribution is 5.56. The van der Waals surface area contributed by atoms with Crippen LogP contribution in [0.2, 0.25) is 0 Å². The Balaban J connectivity index is 0.000000357. The summed E-state index contributed by atoms with van der Waals surface area (Å²) in [7, 11) is 0. The molecule has 0 radical (unpaired) electrons. The lowest BCUT2D eigenvalue weighted by molar-refractivity contribution is -0.742. The first-order chi connectivity index (χ1) is 8.40. The fourth-order valence-corrected chi connectivity index (χ4v) is 1.07. The van der Waals surface area contributed by atoms with Gasteiger partial charge in [0.25, 0.3) is 5.09 Å². The Morgan fingerprint density at radius 3 is 2.56 bits per heavy atom. The molecule has 8 nitrogen and oxygen atoms in total. The molecule has 18 heavy (non-hydrogen) atoms. The molecule has 0 saturated heterocycles. The molecule has 2 aromatic rings. The van der Waals surface area contributed by atoms with Gasteiger partial charge in [0.1, 0.15) is 11.6 Å². The molecule has 0 saturated carbocycles. The van der Waals surface area contributed by atoms with Crippen molar-refractivity contribution >= 4 is 5.95 Å². The fourth-order valence-electron chi connectivity index (χ4n) is 1.07. The van der Waals surface area contributed by atoms with Gasteiger partial charge in [0.2, 0.25) is 5.95 Å². The van der Waals surface area contributed by atoms with E-state index in [1.807, 2.05) is 0 Å². The second-order valence-electron chi connectivity index (χ2n) is 2.90. The first-order valence-electron chi connectivity index (χ1n) is 4.36. The van der Waals surface area contributed by atoms with Crippen molar-refractivity contribution < 1.29 is 19.1 Å². The Kier molecular flexibility index (Phi) is 4.07. The van der Waals surface area contributed by atoms with Gasteiger partial charge in [-0.1, -0.05) is 0 Å². The minimum Gasteiger partial charge on any atom is -0.366 e. The summed E-state index contributed by atoms with van der Waals surface area (Å²) in [5, 5.41) is 19.6.